The lowest BCUT2D eigenvalue weighted by molar-refractivity contribution is 0.492. The summed E-state index contributed by atoms with van der Waals surface area (Å²) in [5.74, 6) is 0.818. The van der Waals surface area contributed by atoms with Crippen molar-refractivity contribution in [3.8, 4) is 5.75 Å². The maximum Gasteiger partial charge on any atom is 0.250 e. The number of anilines is 2. The van der Waals surface area contributed by atoms with Crippen LogP contribution in [0.5, 0.6) is 5.75 Å². The van der Waals surface area contributed by atoms with E-state index in [0.717, 1.165) is 10.8 Å². The molecule has 118 valence electrons. The summed E-state index contributed by atoms with van der Waals surface area (Å²) in [5, 5.41) is 13.3. The van der Waals surface area contributed by atoms with Crippen LogP contribution in [0.15, 0.2) is 48.8 Å². The number of pyridine rings is 1. The fourth-order valence-corrected chi connectivity index (χ4v) is 2.76. The van der Waals surface area contributed by atoms with Gasteiger partial charge in [0.2, 0.25) is 8.32 Å². The minimum Gasteiger partial charge on any atom is -0.754 e. The largest absolute Gasteiger partial charge is 0.754 e. The third-order valence-electron chi connectivity index (χ3n) is 4.15. The second kappa shape index (κ2) is 6.10. The first-order chi connectivity index (χ1) is 10.2. The van der Waals surface area contributed by atoms with E-state index in [4.69, 9.17) is 4.43 Å². The third-order valence-corrected chi connectivity index (χ3v) is 8.51. The summed E-state index contributed by atoms with van der Waals surface area (Å²) in [5.41, 5.74) is 1.14. The van der Waals surface area contributed by atoms with Gasteiger partial charge < -0.3 is 14.7 Å². The molecule has 2 aromatic rings. The van der Waals surface area contributed by atoms with Crippen molar-refractivity contribution < 1.29 is 4.43 Å². The molecule has 0 fully saturated rings. The Labute approximate surface area is 133 Å². The number of nitrogens with zero attached hydrogens (tertiary/aromatic N) is 2. The van der Waals surface area contributed by atoms with Crippen molar-refractivity contribution >= 4 is 19.7 Å². The van der Waals surface area contributed by atoms with E-state index < -0.39 is 8.32 Å². The van der Waals surface area contributed by atoms with Crippen LogP contribution in [0.25, 0.3) is 0 Å². The van der Waals surface area contributed by atoms with E-state index in [-0.39, 0.29) is 5.04 Å². The first kappa shape index (κ1) is 16.5. The fourth-order valence-electron chi connectivity index (χ4n) is 1.73. The molecule has 1 heterocycles. The molecule has 0 saturated carbocycles. The number of hydrogen-bond acceptors (Lipinski definition) is 4. The van der Waals surface area contributed by atoms with Gasteiger partial charge in [-0.3, -0.25) is 4.98 Å². The Bertz CT molecular complexity index is 607. The van der Waals surface area contributed by atoms with Gasteiger partial charge in [-0.05, 0) is 54.5 Å². The standard InChI is InChI=1S/C17H23N2O2Si/c1-17(2,3)22(4,5)21-16-8-6-14(7-9-16)19(20)15-10-12-18-13-11-15/h6-13H,1-5H3/q-1. The van der Waals surface area contributed by atoms with Crippen molar-refractivity contribution in [2.75, 3.05) is 5.06 Å². The van der Waals surface area contributed by atoms with Crippen molar-refractivity contribution in [3.63, 3.8) is 0 Å². The van der Waals surface area contributed by atoms with Gasteiger partial charge in [0.05, 0.1) is 0 Å². The summed E-state index contributed by atoms with van der Waals surface area (Å²) in [7, 11) is -1.85. The van der Waals surface area contributed by atoms with Crippen molar-refractivity contribution in [2.24, 2.45) is 0 Å². The van der Waals surface area contributed by atoms with Crippen LogP contribution in [0, 0.1) is 5.21 Å². The molecule has 4 nitrogen and oxygen atoms in total. The summed E-state index contributed by atoms with van der Waals surface area (Å²) < 4.78 is 6.22. The predicted molar refractivity (Wildman–Crippen MR) is 94.0 cm³/mol. The molecule has 0 amide bonds. The molecule has 5 heteroatoms. The van der Waals surface area contributed by atoms with Crippen LogP contribution in [0.2, 0.25) is 18.1 Å². The van der Waals surface area contributed by atoms with Gasteiger partial charge in [-0.1, -0.05) is 20.8 Å². The molecule has 0 bridgehead atoms. The third kappa shape index (κ3) is 3.67. The van der Waals surface area contributed by atoms with Gasteiger partial charge in [0.15, 0.2) is 0 Å². The van der Waals surface area contributed by atoms with Gasteiger partial charge in [-0.2, -0.15) is 0 Å². The van der Waals surface area contributed by atoms with Gasteiger partial charge in [0, 0.05) is 23.8 Å². The summed E-state index contributed by atoms with van der Waals surface area (Å²) in [4.78, 5) is 3.92. The normalized spacial score (nSPS) is 12.1. The highest BCUT2D eigenvalue weighted by molar-refractivity contribution is 6.74. The van der Waals surface area contributed by atoms with E-state index >= 15 is 0 Å². The maximum atomic E-state index is 12.3. The highest BCUT2D eigenvalue weighted by Gasteiger charge is 2.38. The lowest BCUT2D eigenvalue weighted by Crippen LogP contribution is -2.43. The molecular weight excluding hydrogens is 292 g/mol. The fraction of sp³-hybridized carbons (Fsp3) is 0.353. The summed E-state index contributed by atoms with van der Waals surface area (Å²) >= 11 is 0. The Kier molecular flexibility index (Phi) is 4.58. The molecule has 0 unspecified atom stereocenters. The molecular formula is C17H23N2O2Si-. The molecule has 0 aliphatic carbocycles. The Hall–Kier alpha value is -1.85. The molecule has 0 N–H and O–H groups in total. The molecule has 0 atom stereocenters. The Morgan fingerprint density at radius 2 is 1.45 bits per heavy atom. The molecule has 0 radical (unpaired) electrons. The van der Waals surface area contributed by atoms with E-state index in [1.54, 1.807) is 36.7 Å². The SMILES string of the molecule is CC(C)(C)[Si](C)(C)Oc1ccc(N([O-])c2ccncc2)cc1. The molecule has 1 aromatic heterocycles. The molecule has 0 spiro atoms. The number of aromatic nitrogens is 1. The molecule has 2 rings (SSSR count). The zero-order chi connectivity index (χ0) is 16.4. The van der Waals surface area contributed by atoms with Gasteiger partial charge in [-0.15, -0.1) is 0 Å². The topological polar surface area (TPSA) is 48.4 Å². The lowest BCUT2D eigenvalue weighted by Gasteiger charge is -2.36. The minimum atomic E-state index is -1.85. The first-order valence-electron chi connectivity index (χ1n) is 7.37. The van der Waals surface area contributed by atoms with Crippen LogP contribution in [0.3, 0.4) is 0 Å². The summed E-state index contributed by atoms with van der Waals surface area (Å²) in [6.45, 7) is 11.0. The van der Waals surface area contributed by atoms with Gasteiger partial charge in [0.1, 0.15) is 5.75 Å². The van der Waals surface area contributed by atoms with Gasteiger partial charge in [0.25, 0.3) is 0 Å². The van der Waals surface area contributed by atoms with Crippen LogP contribution in [0.1, 0.15) is 20.8 Å². The van der Waals surface area contributed by atoms with Crippen LogP contribution < -0.4 is 9.49 Å². The number of benzene rings is 1. The monoisotopic (exact) mass is 315 g/mol. The van der Waals surface area contributed by atoms with Crippen molar-refractivity contribution in [1.29, 1.82) is 0 Å². The average molecular weight is 315 g/mol. The number of rotatable bonds is 4. The summed E-state index contributed by atoms with van der Waals surface area (Å²) in [6.07, 6.45) is 3.21. The van der Waals surface area contributed by atoms with Crippen LogP contribution in [0.4, 0.5) is 11.4 Å². The second-order valence-electron chi connectivity index (χ2n) is 6.86. The number of hydrogen-bond donors (Lipinski definition) is 0. The van der Waals surface area contributed by atoms with E-state index in [2.05, 4.69) is 38.8 Å². The predicted octanol–water partition coefficient (Wildman–Crippen LogP) is 5.10. The van der Waals surface area contributed by atoms with E-state index in [1.165, 1.54) is 0 Å². The van der Waals surface area contributed by atoms with E-state index in [0.29, 0.717) is 11.4 Å². The Balaban J connectivity index is 2.14. The first-order valence-corrected chi connectivity index (χ1v) is 10.3. The molecule has 1 aromatic carbocycles. The molecule has 0 aliphatic rings. The van der Waals surface area contributed by atoms with Crippen molar-refractivity contribution in [3.05, 3.63) is 54.0 Å². The minimum absolute atomic E-state index is 0.146. The van der Waals surface area contributed by atoms with E-state index in [1.807, 2.05) is 12.1 Å². The van der Waals surface area contributed by atoms with Crippen LogP contribution in [-0.4, -0.2) is 13.3 Å². The van der Waals surface area contributed by atoms with E-state index in [9.17, 15) is 5.21 Å². The van der Waals surface area contributed by atoms with Crippen molar-refractivity contribution in [1.82, 2.24) is 4.98 Å². The van der Waals surface area contributed by atoms with Gasteiger partial charge in [-0.25, -0.2) is 0 Å². The van der Waals surface area contributed by atoms with Crippen LogP contribution >= 0.6 is 0 Å². The maximum absolute atomic E-state index is 12.3. The zero-order valence-electron chi connectivity index (χ0n) is 13.8. The summed E-state index contributed by atoms with van der Waals surface area (Å²) in [6, 6.07) is 10.7. The Morgan fingerprint density at radius 1 is 0.955 bits per heavy atom. The second-order valence-corrected chi connectivity index (χ2v) is 11.6. The lowest BCUT2D eigenvalue weighted by atomic mass is 10.2. The Morgan fingerprint density at radius 3 is 1.95 bits per heavy atom. The highest BCUT2D eigenvalue weighted by Crippen LogP contribution is 2.37. The molecule has 22 heavy (non-hydrogen) atoms. The highest BCUT2D eigenvalue weighted by atomic mass is 28.4. The van der Waals surface area contributed by atoms with Crippen molar-refractivity contribution in [2.45, 2.75) is 38.9 Å². The smallest absolute Gasteiger partial charge is 0.250 e. The van der Waals surface area contributed by atoms with Crippen LogP contribution in [-0.2, 0) is 0 Å². The molecule has 0 saturated heterocycles. The molecule has 0 aliphatic heterocycles. The average Bonchev–Trinajstić information content (AvgIpc) is 2.47. The van der Waals surface area contributed by atoms with Gasteiger partial charge >= 0.3 is 0 Å². The zero-order valence-corrected chi connectivity index (χ0v) is 14.8. The quantitative estimate of drug-likeness (QED) is 0.581.